The fourth-order valence-corrected chi connectivity index (χ4v) is 1.94. The minimum atomic E-state index is -0.701. The molecule has 1 N–H and O–H groups in total. The topological polar surface area (TPSA) is 33.1 Å². The number of aliphatic hydroxyl groups excluding tert-OH is 1. The number of hydrogen-bond donors (Lipinski definition) is 1. The van der Waals surface area contributed by atoms with Crippen molar-refractivity contribution in [1.29, 1.82) is 0 Å². The molecular formula is C14H14ClNO. The van der Waals surface area contributed by atoms with Crippen LogP contribution < -0.4 is 0 Å². The standard InChI is InChI=1S/C14H14ClNO/c1-9-7-10(2)13(16-8-9)14(17)11-3-5-12(15)6-4-11/h3-8,14,17H,1-2H3. The van der Waals surface area contributed by atoms with Gasteiger partial charge in [-0.2, -0.15) is 0 Å². The Labute approximate surface area is 106 Å². The van der Waals surface area contributed by atoms with Crippen molar-refractivity contribution in [2.24, 2.45) is 0 Å². The summed E-state index contributed by atoms with van der Waals surface area (Å²) in [6, 6.07) is 9.18. The third-order valence-electron chi connectivity index (χ3n) is 2.70. The molecule has 2 aromatic rings. The summed E-state index contributed by atoms with van der Waals surface area (Å²) in [5.41, 5.74) is 3.58. The molecule has 0 fully saturated rings. The molecule has 1 aromatic carbocycles. The molecule has 1 unspecified atom stereocenters. The van der Waals surface area contributed by atoms with Crippen LogP contribution in [0.3, 0.4) is 0 Å². The molecule has 2 rings (SSSR count). The van der Waals surface area contributed by atoms with Gasteiger partial charge in [-0.1, -0.05) is 29.8 Å². The summed E-state index contributed by atoms with van der Waals surface area (Å²) in [7, 11) is 0. The Morgan fingerprint density at radius 1 is 1.18 bits per heavy atom. The molecule has 0 saturated heterocycles. The number of aryl methyl sites for hydroxylation is 2. The first kappa shape index (κ1) is 12.1. The molecule has 0 amide bonds. The molecule has 0 radical (unpaired) electrons. The van der Waals surface area contributed by atoms with Crippen molar-refractivity contribution >= 4 is 11.6 Å². The van der Waals surface area contributed by atoms with E-state index in [2.05, 4.69) is 4.98 Å². The van der Waals surface area contributed by atoms with E-state index in [1.165, 1.54) is 0 Å². The van der Waals surface area contributed by atoms with Gasteiger partial charge in [-0.3, -0.25) is 4.98 Å². The highest BCUT2D eigenvalue weighted by atomic mass is 35.5. The fraction of sp³-hybridized carbons (Fsp3) is 0.214. The Balaban J connectivity index is 2.36. The van der Waals surface area contributed by atoms with Gasteiger partial charge in [0.1, 0.15) is 6.10 Å². The van der Waals surface area contributed by atoms with Gasteiger partial charge in [0.15, 0.2) is 0 Å². The molecule has 88 valence electrons. The van der Waals surface area contributed by atoms with E-state index in [9.17, 15) is 5.11 Å². The number of rotatable bonds is 2. The van der Waals surface area contributed by atoms with Crippen LogP contribution in [-0.2, 0) is 0 Å². The molecule has 0 aliphatic heterocycles. The van der Waals surface area contributed by atoms with Crippen LogP contribution in [-0.4, -0.2) is 10.1 Å². The maximum Gasteiger partial charge on any atom is 0.121 e. The molecule has 0 spiro atoms. The molecule has 0 aliphatic rings. The highest BCUT2D eigenvalue weighted by molar-refractivity contribution is 6.30. The van der Waals surface area contributed by atoms with Gasteiger partial charge in [0.2, 0.25) is 0 Å². The molecule has 1 heterocycles. The highest BCUT2D eigenvalue weighted by Crippen LogP contribution is 2.24. The van der Waals surface area contributed by atoms with Gasteiger partial charge in [-0.05, 0) is 42.7 Å². The lowest BCUT2D eigenvalue weighted by molar-refractivity contribution is 0.214. The molecule has 17 heavy (non-hydrogen) atoms. The van der Waals surface area contributed by atoms with Crippen LogP contribution >= 0.6 is 11.6 Å². The Hall–Kier alpha value is -1.38. The second-order valence-electron chi connectivity index (χ2n) is 4.17. The molecule has 0 aliphatic carbocycles. The van der Waals surface area contributed by atoms with E-state index < -0.39 is 6.10 Å². The minimum absolute atomic E-state index is 0.662. The van der Waals surface area contributed by atoms with Crippen LogP contribution in [0.25, 0.3) is 0 Å². The number of aromatic nitrogens is 1. The van der Waals surface area contributed by atoms with Crippen molar-refractivity contribution in [2.45, 2.75) is 20.0 Å². The average Bonchev–Trinajstić information content (AvgIpc) is 2.29. The van der Waals surface area contributed by atoms with Gasteiger partial charge in [0.05, 0.1) is 5.69 Å². The number of aliphatic hydroxyl groups is 1. The number of hydrogen-bond acceptors (Lipinski definition) is 2. The Morgan fingerprint density at radius 2 is 1.82 bits per heavy atom. The summed E-state index contributed by atoms with van der Waals surface area (Å²) in [5, 5.41) is 10.9. The molecular weight excluding hydrogens is 234 g/mol. The molecule has 1 atom stereocenters. The Bertz CT molecular complexity index is 522. The second-order valence-corrected chi connectivity index (χ2v) is 4.61. The fourth-order valence-electron chi connectivity index (χ4n) is 1.82. The first-order valence-electron chi connectivity index (χ1n) is 5.44. The number of pyridine rings is 1. The van der Waals surface area contributed by atoms with Gasteiger partial charge in [-0.25, -0.2) is 0 Å². The van der Waals surface area contributed by atoms with Crippen LogP contribution in [0.15, 0.2) is 36.5 Å². The monoisotopic (exact) mass is 247 g/mol. The third-order valence-corrected chi connectivity index (χ3v) is 2.95. The first-order valence-corrected chi connectivity index (χ1v) is 5.82. The van der Waals surface area contributed by atoms with Crippen molar-refractivity contribution < 1.29 is 5.11 Å². The van der Waals surface area contributed by atoms with Gasteiger partial charge >= 0.3 is 0 Å². The van der Waals surface area contributed by atoms with Crippen LogP contribution in [0.1, 0.15) is 28.5 Å². The van der Waals surface area contributed by atoms with E-state index in [4.69, 9.17) is 11.6 Å². The lowest BCUT2D eigenvalue weighted by atomic mass is 10.0. The summed E-state index contributed by atoms with van der Waals surface area (Å²) in [5.74, 6) is 0. The minimum Gasteiger partial charge on any atom is -0.382 e. The van der Waals surface area contributed by atoms with Gasteiger partial charge < -0.3 is 5.11 Å². The van der Waals surface area contributed by atoms with Crippen molar-refractivity contribution in [3.63, 3.8) is 0 Å². The van der Waals surface area contributed by atoms with E-state index in [1.807, 2.05) is 32.0 Å². The summed E-state index contributed by atoms with van der Waals surface area (Å²) in [6.07, 6.45) is 1.06. The smallest absolute Gasteiger partial charge is 0.121 e. The van der Waals surface area contributed by atoms with Crippen LogP contribution in [0.4, 0.5) is 0 Å². The lowest BCUT2D eigenvalue weighted by Crippen LogP contribution is -2.05. The van der Waals surface area contributed by atoms with Crippen LogP contribution in [0.5, 0.6) is 0 Å². The third kappa shape index (κ3) is 2.65. The Morgan fingerprint density at radius 3 is 2.41 bits per heavy atom. The normalized spacial score (nSPS) is 12.5. The summed E-state index contributed by atoms with van der Waals surface area (Å²) in [4.78, 5) is 4.29. The molecule has 0 saturated carbocycles. The van der Waals surface area contributed by atoms with Crippen molar-refractivity contribution in [1.82, 2.24) is 4.98 Å². The predicted molar refractivity (Wildman–Crippen MR) is 69.2 cm³/mol. The maximum absolute atomic E-state index is 10.2. The van der Waals surface area contributed by atoms with E-state index in [0.29, 0.717) is 10.7 Å². The van der Waals surface area contributed by atoms with Crippen molar-refractivity contribution in [3.05, 3.63) is 63.9 Å². The zero-order chi connectivity index (χ0) is 12.4. The maximum atomic E-state index is 10.2. The molecule has 3 heteroatoms. The average molecular weight is 248 g/mol. The highest BCUT2D eigenvalue weighted by Gasteiger charge is 2.14. The Kier molecular flexibility index (Phi) is 3.46. The first-order chi connectivity index (χ1) is 8.08. The van der Waals surface area contributed by atoms with Crippen molar-refractivity contribution in [2.75, 3.05) is 0 Å². The van der Waals surface area contributed by atoms with Crippen LogP contribution in [0, 0.1) is 13.8 Å². The van der Waals surface area contributed by atoms with Gasteiger partial charge in [0, 0.05) is 11.2 Å². The largest absolute Gasteiger partial charge is 0.382 e. The van der Waals surface area contributed by atoms with E-state index in [-0.39, 0.29) is 0 Å². The van der Waals surface area contributed by atoms with Gasteiger partial charge in [0.25, 0.3) is 0 Å². The quantitative estimate of drug-likeness (QED) is 0.882. The van der Waals surface area contributed by atoms with Crippen molar-refractivity contribution in [3.8, 4) is 0 Å². The summed E-state index contributed by atoms with van der Waals surface area (Å²) < 4.78 is 0. The molecule has 0 bridgehead atoms. The number of nitrogens with zero attached hydrogens (tertiary/aromatic N) is 1. The number of halogens is 1. The molecule has 1 aromatic heterocycles. The SMILES string of the molecule is Cc1cnc(C(O)c2ccc(Cl)cc2)c(C)c1. The second kappa shape index (κ2) is 4.86. The van der Waals surface area contributed by atoms with E-state index >= 15 is 0 Å². The van der Waals surface area contributed by atoms with Crippen LogP contribution in [0.2, 0.25) is 5.02 Å². The predicted octanol–water partition coefficient (Wildman–Crippen LogP) is 3.43. The zero-order valence-electron chi connectivity index (χ0n) is 9.81. The summed E-state index contributed by atoms with van der Waals surface area (Å²) >= 11 is 5.82. The zero-order valence-corrected chi connectivity index (χ0v) is 10.6. The molecule has 2 nitrogen and oxygen atoms in total. The van der Waals surface area contributed by atoms with E-state index in [1.54, 1.807) is 18.3 Å². The lowest BCUT2D eigenvalue weighted by Gasteiger charge is -2.13. The van der Waals surface area contributed by atoms with E-state index in [0.717, 1.165) is 16.7 Å². The van der Waals surface area contributed by atoms with Gasteiger partial charge in [-0.15, -0.1) is 0 Å². The summed E-state index contributed by atoms with van der Waals surface area (Å²) in [6.45, 7) is 3.94. The number of benzene rings is 1.